The van der Waals surface area contributed by atoms with Crippen molar-refractivity contribution >= 4 is 48.5 Å². The van der Waals surface area contributed by atoms with Gasteiger partial charge in [0.1, 0.15) is 5.75 Å². The highest BCUT2D eigenvalue weighted by molar-refractivity contribution is 9.10. The van der Waals surface area contributed by atoms with Crippen LogP contribution in [0.5, 0.6) is 5.75 Å². The Labute approximate surface area is 137 Å². The number of alkyl halides is 1. The molecule has 1 heterocycles. The third-order valence-corrected chi connectivity index (χ3v) is 4.80. The van der Waals surface area contributed by atoms with Crippen molar-refractivity contribution in [2.75, 3.05) is 11.9 Å². The van der Waals surface area contributed by atoms with E-state index in [0.29, 0.717) is 11.7 Å². The Morgan fingerprint density at radius 1 is 1.48 bits per heavy atom. The summed E-state index contributed by atoms with van der Waals surface area (Å²) in [4.78, 5) is 16.3. The summed E-state index contributed by atoms with van der Waals surface area (Å²) in [7, 11) is 0. The van der Waals surface area contributed by atoms with Crippen molar-refractivity contribution in [3.8, 4) is 5.75 Å². The van der Waals surface area contributed by atoms with Gasteiger partial charge in [-0.1, -0.05) is 47.0 Å². The first-order valence-electron chi connectivity index (χ1n) is 7.12. The van der Waals surface area contributed by atoms with Crippen LogP contribution in [0.15, 0.2) is 18.2 Å². The van der Waals surface area contributed by atoms with Gasteiger partial charge in [0.05, 0.1) is 21.7 Å². The molecule has 1 amide bonds. The highest BCUT2D eigenvalue weighted by Crippen LogP contribution is 2.29. The number of benzene rings is 1. The van der Waals surface area contributed by atoms with E-state index in [0.717, 1.165) is 35.2 Å². The van der Waals surface area contributed by atoms with Crippen molar-refractivity contribution in [2.24, 2.45) is 0 Å². The molecular weight excluding hydrogens is 352 g/mol. The molecule has 4 nitrogen and oxygen atoms in total. The maximum Gasteiger partial charge on any atom is 0.239 e. The fraction of sp³-hybridized carbons (Fsp3) is 0.467. The Kier molecular flexibility index (Phi) is 5.99. The molecule has 0 aliphatic carbocycles. The summed E-state index contributed by atoms with van der Waals surface area (Å²) in [5.41, 5.74) is 0.874. The number of carbonyl (C=O) groups excluding carboxylic acids is 1. The highest BCUT2D eigenvalue weighted by atomic mass is 79.9. The lowest BCUT2D eigenvalue weighted by Gasteiger charge is -2.07. The van der Waals surface area contributed by atoms with E-state index in [4.69, 9.17) is 4.74 Å². The molecule has 2 rings (SSSR count). The number of halogens is 1. The average molecular weight is 371 g/mol. The second-order valence-corrected chi connectivity index (χ2v) is 6.82. The van der Waals surface area contributed by atoms with Crippen LogP contribution in [-0.2, 0) is 4.79 Å². The van der Waals surface area contributed by atoms with Gasteiger partial charge in [0, 0.05) is 0 Å². The lowest BCUT2D eigenvalue weighted by molar-refractivity contribution is -0.115. The van der Waals surface area contributed by atoms with E-state index in [-0.39, 0.29) is 10.7 Å². The van der Waals surface area contributed by atoms with Crippen LogP contribution in [0.1, 0.15) is 33.1 Å². The number of nitrogens with zero attached hydrogens (tertiary/aromatic N) is 1. The van der Waals surface area contributed by atoms with Crippen LogP contribution in [0.25, 0.3) is 10.2 Å². The van der Waals surface area contributed by atoms with E-state index < -0.39 is 0 Å². The fourth-order valence-electron chi connectivity index (χ4n) is 1.91. The first-order chi connectivity index (χ1) is 10.1. The molecule has 0 fully saturated rings. The van der Waals surface area contributed by atoms with E-state index in [2.05, 4.69) is 33.2 Å². The van der Waals surface area contributed by atoms with Crippen molar-refractivity contribution in [2.45, 2.75) is 37.9 Å². The average Bonchev–Trinajstić information content (AvgIpc) is 2.86. The van der Waals surface area contributed by atoms with Crippen LogP contribution in [0, 0.1) is 0 Å². The molecule has 114 valence electrons. The maximum absolute atomic E-state index is 12.0. The van der Waals surface area contributed by atoms with Gasteiger partial charge in [0.15, 0.2) is 5.13 Å². The number of thiazole rings is 1. The van der Waals surface area contributed by atoms with Crippen LogP contribution in [0.2, 0.25) is 0 Å². The Morgan fingerprint density at radius 3 is 3.00 bits per heavy atom. The normalized spacial score (nSPS) is 12.3. The maximum atomic E-state index is 12.0. The van der Waals surface area contributed by atoms with Gasteiger partial charge in [0.25, 0.3) is 0 Å². The van der Waals surface area contributed by atoms with E-state index in [9.17, 15) is 4.79 Å². The number of unbranched alkanes of at least 4 members (excludes halogenated alkanes) is 1. The Balaban J connectivity index is 2.06. The molecule has 0 saturated carbocycles. The third-order valence-electron chi connectivity index (χ3n) is 3.00. The summed E-state index contributed by atoms with van der Waals surface area (Å²) in [5, 5.41) is 3.50. The van der Waals surface area contributed by atoms with Crippen molar-refractivity contribution in [3.63, 3.8) is 0 Å². The van der Waals surface area contributed by atoms with Crippen LogP contribution in [0.3, 0.4) is 0 Å². The predicted octanol–water partition coefficient (Wildman–Crippen LogP) is 4.59. The number of anilines is 1. The van der Waals surface area contributed by atoms with Gasteiger partial charge in [-0.2, -0.15) is 0 Å². The first-order valence-corrected chi connectivity index (χ1v) is 8.85. The van der Waals surface area contributed by atoms with Crippen molar-refractivity contribution in [1.82, 2.24) is 4.98 Å². The van der Waals surface area contributed by atoms with Crippen molar-refractivity contribution < 1.29 is 9.53 Å². The molecule has 2 aromatic rings. The molecule has 0 spiro atoms. The van der Waals surface area contributed by atoms with Crippen LogP contribution < -0.4 is 10.1 Å². The minimum absolute atomic E-state index is 0.0347. The Bertz CT molecular complexity index is 615. The summed E-state index contributed by atoms with van der Waals surface area (Å²) < 4.78 is 6.48. The van der Waals surface area contributed by atoms with Crippen LogP contribution in [-0.4, -0.2) is 22.3 Å². The molecule has 0 radical (unpaired) electrons. The van der Waals surface area contributed by atoms with Crippen molar-refractivity contribution in [3.05, 3.63) is 18.2 Å². The summed E-state index contributed by atoms with van der Waals surface area (Å²) in [6, 6.07) is 5.76. The predicted molar refractivity (Wildman–Crippen MR) is 91.7 cm³/mol. The van der Waals surface area contributed by atoms with Gasteiger partial charge in [0.2, 0.25) is 5.91 Å². The number of hydrogen-bond donors (Lipinski definition) is 1. The minimum atomic E-state index is -0.163. The largest absolute Gasteiger partial charge is 0.494 e. The number of amides is 1. The molecule has 1 aromatic heterocycles. The number of nitrogens with one attached hydrogen (secondary N) is 1. The number of ether oxygens (including phenoxy) is 1. The standard InChI is InChI=1S/C15H19BrN2O2S/c1-3-5-6-11(16)14(19)18-15-17-12-8-7-10(20-4-2)9-13(12)21-15/h7-9,11H,3-6H2,1-2H3,(H,17,18,19)/t11-/m1/s1. The fourth-order valence-corrected chi connectivity index (χ4v) is 3.25. The van der Waals surface area contributed by atoms with Gasteiger partial charge in [-0.3, -0.25) is 4.79 Å². The second-order valence-electron chi connectivity index (χ2n) is 4.68. The zero-order valence-corrected chi connectivity index (χ0v) is 14.6. The SMILES string of the molecule is CCCC[C@@H](Br)C(=O)Nc1nc2ccc(OCC)cc2s1. The summed E-state index contributed by atoms with van der Waals surface area (Å²) in [6.07, 6.45) is 2.94. The van der Waals surface area contributed by atoms with E-state index in [1.165, 1.54) is 11.3 Å². The molecule has 21 heavy (non-hydrogen) atoms. The van der Waals surface area contributed by atoms with Crippen LogP contribution >= 0.6 is 27.3 Å². The van der Waals surface area contributed by atoms with E-state index >= 15 is 0 Å². The van der Waals surface area contributed by atoms with E-state index in [1.54, 1.807) is 0 Å². The van der Waals surface area contributed by atoms with Gasteiger partial charge in [-0.15, -0.1) is 0 Å². The molecule has 0 unspecified atom stereocenters. The van der Waals surface area contributed by atoms with E-state index in [1.807, 2.05) is 25.1 Å². The minimum Gasteiger partial charge on any atom is -0.494 e. The van der Waals surface area contributed by atoms with Crippen LogP contribution in [0.4, 0.5) is 5.13 Å². The molecule has 1 atom stereocenters. The quantitative estimate of drug-likeness (QED) is 0.725. The lowest BCUT2D eigenvalue weighted by atomic mass is 10.2. The number of hydrogen-bond acceptors (Lipinski definition) is 4. The zero-order valence-electron chi connectivity index (χ0n) is 12.2. The molecule has 1 aromatic carbocycles. The number of aromatic nitrogens is 1. The Hall–Kier alpha value is -1.14. The van der Waals surface area contributed by atoms with Gasteiger partial charge in [-0.05, 0) is 31.5 Å². The molecular formula is C15H19BrN2O2S. The number of fused-ring (bicyclic) bond motifs is 1. The first kappa shape index (κ1) is 16.2. The highest BCUT2D eigenvalue weighted by Gasteiger charge is 2.16. The smallest absolute Gasteiger partial charge is 0.239 e. The summed E-state index contributed by atoms with van der Waals surface area (Å²) in [5.74, 6) is 0.792. The monoisotopic (exact) mass is 370 g/mol. The summed E-state index contributed by atoms with van der Waals surface area (Å²) >= 11 is 4.89. The number of rotatable bonds is 7. The molecule has 0 bridgehead atoms. The molecule has 0 aliphatic heterocycles. The molecule has 0 aliphatic rings. The summed E-state index contributed by atoms with van der Waals surface area (Å²) in [6.45, 7) is 4.70. The van der Waals surface area contributed by atoms with Gasteiger partial charge >= 0.3 is 0 Å². The zero-order chi connectivity index (χ0) is 15.2. The third kappa shape index (κ3) is 4.41. The topological polar surface area (TPSA) is 51.2 Å². The Morgan fingerprint density at radius 2 is 2.29 bits per heavy atom. The molecule has 6 heteroatoms. The molecule has 0 saturated heterocycles. The lowest BCUT2D eigenvalue weighted by Crippen LogP contribution is -2.22. The van der Waals surface area contributed by atoms with Crippen molar-refractivity contribution in [1.29, 1.82) is 0 Å². The van der Waals surface area contributed by atoms with Gasteiger partial charge in [-0.25, -0.2) is 4.98 Å². The second kappa shape index (κ2) is 7.75. The molecule has 1 N–H and O–H groups in total. The number of carbonyl (C=O) groups is 1. The van der Waals surface area contributed by atoms with Gasteiger partial charge < -0.3 is 10.1 Å².